The van der Waals surface area contributed by atoms with Gasteiger partial charge >= 0.3 is 5.69 Å². The number of fused-ring (bicyclic) bond motifs is 1. The van der Waals surface area contributed by atoms with Crippen LogP contribution in [0.4, 0.5) is 11.5 Å². The Labute approximate surface area is 193 Å². The zero-order valence-corrected chi connectivity index (χ0v) is 18.7. The van der Waals surface area contributed by atoms with E-state index in [1.165, 1.54) is 21.2 Å². The maximum Gasteiger partial charge on any atom is 0.330 e. The lowest BCUT2D eigenvalue weighted by Crippen LogP contribution is -2.39. The number of hydrogen-bond donors (Lipinski definition) is 2. The molecule has 0 bridgehead atoms. The van der Waals surface area contributed by atoms with E-state index in [0.717, 1.165) is 5.56 Å². The molecule has 10 heteroatoms. The van der Waals surface area contributed by atoms with Crippen molar-refractivity contribution in [2.45, 2.75) is 26.4 Å². The lowest BCUT2D eigenvalue weighted by atomic mass is 10.2. The Balaban J connectivity index is 1.77. The SMILES string of the molecule is CCCN(Cc1cc(=O)n2cc(Cl)ccc2n1)c1c(N)n(Cc2ccccc2)c(=O)[nH]c1=O. The molecular formula is C23H23ClN6O3. The lowest BCUT2D eigenvalue weighted by molar-refractivity contribution is 0.702. The maximum atomic E-state index is 12.8. The average molecular weight is 467 g/mol. The number of rotatable bonds is 7. The van der Waals surface area contributed by atoms with Gasteiger partial charge in [0.05, 0.1) is 23.8 Å². The number of halogens is 1. The second kappa shape index (κ2) is 9.33. The number of H-pyrrole nitrogens is 1. The summed E-state index contributed by atoms with van der Waals surface area (Å²) in [5.74, 6) is 0.0605. The molecule has 0 radical (unpaired) electrons. The van der Waals surface area contributed by atoms with Gasteiger partial charge in [0.25, 0.3) is 11.1 Å². The van der Waals surface area contributed by atoms with Crippen molar-refractivity contribution in [3.8, 4) is 0 Å². The van der Waals surface area contributed by atoms with E-state index in [9.17, 15) is 14.4 Å². The molecule has 0 unspecified atom stereocenters. The van der Waals surface area contributed by atoms with Crippen molar-refractivity contribution in [1.29, 1.82) is 0 Å². The van der Waals surface area contributed by atoms with Gasteiger partial charge in [0.2, 0.25) is 0 Å². The topological polar surface area (TPSA) is 118 Å². The predicted octanol–water partition coefficient (Wildman–Crippen LogP) is 2.24. The third kappa shape index (κ3) is 4.68. The molecule has 0 fully saturated rings. The molecule has 0 aliphatic carbocycles. The Morgan fingerprint density at radius 3 is 2.61 bits per heavy atom. The molecule has 1 aromatic carbocycles. The van der Waals surface area contributed by atoms with Crippen LogP contribution < -0.4 is 27.4 Å². The minimum absolute atomic E-state index is 0.0605. The molecule has 0 atom stereocenters. The van der Waals surface area contributed by atoms with Crippen LogP contribution in [0, 0.1) is 0 Å². The highest BCUT2D eigenvalue weighted by molar-refractivity contribution is 6.30. The zero-order chi connectivity index (χ0) is 23.5. The first kappa shape index (κ1) is 22.3. The number of aromatic amines is 1. The molecule has 0 amide bonds. The fraction of sp³-hybridized carbons (Fsp3) is 0.217. The van der Waals surface area contributed by atoms with Crippen molar-refractivity contribution < 1.29 is 0 Å². The maximum absolute atomic E-state index is 12.8. The van der Waals surface area contributed by atoms with Crippen molar-refractivity contribution in [3.05, 3.63) is 102 Å². The average Bonchev–Trinajstić information content (AvgIpc) is 2.78. The smallest absolute Gasteiger partial charge is 0.330 e. The fourth-order valence-electron chi connectivity index (χ4n) is 3.75. The number of benzene rings is 1. The van der Waals surface area contributed by atoms with E-state index >= 15 is 0 Å². The van der Waals surface area contributed by atoms with Gasteiger partial charge in [0.15, 0.2) is 0 Å². The Morgan fingerprint density at radius 1 is 1.12 bits per heavy atom. The number of nitrogen functional groups attached to an aromatic ring is 1. The molecule has 33 heavy (non-hydrogen) atoms. The van der Waals surface area contributed by atoms with Gasteiger partial charge in [-0.2, -0.15) is 0 Å². The van der Waals surface area contributed by atoms with Gasteiger partial charge in [-0.05, 0) is 24.1 Å². The quantitative estimate of drug-likeness (QED) is 0.431. The Bertz CT molecular complexity index is 1480. The van der Waals surface area contributed by atoms with Crippen LogP contribution in [0.15, 0.2) is 69.1 Å². The summed E-state index contributed by atoms with van der Waals surface area (Å²) in [6.07, 6.45) is 2.21. The van der Waals surface area contributed by atoms with E-state index in [0.29, 0.717) is 29.3 Å². The minimum atomic E-state index is -0.584. The number of pyridine rings is 1. The van der Waals surface area contributed by atoms with E-state index in [4.69, 9.17) is 17.3 Å². The van der Waals surface area contributed by atoms with Crippen LogP contribution in [-0.2, 0) is 13.1 Å². The molecule has 3 N–H and O–H groups in total. The van der Waals surface area contributed by atoms with E-state index in [1.54, 1.807) is 17.0 Å². The van der Waals surface area contributed by atoms with Crippen molar-refractivity contribution in [2.75, 3.05) is 17.2 Å². The molecular weight excluding hydrogens is 444 g/mol. The Hall–Kier alpha value is -3.85. The highest BCUT2D eigenvalue weighted by Crippen LogP contribution is 2.20. The van der Waals surface area contributed by atoms with E-state index < -0.39 is 11.2 Å². The highest BCUT2D eigenvalue weighted by Gasteiger charge is 2.20. The molecule has 3 heterocycles. The Kier molecular flexibility index (Phi) is 6.32. The molecule has 4 aromatic rings. The molecule has 4 rings (SSSR count). The first-order valence-electron chi connectivity index (χ1n) is 10.5. The Morgan fingerprint density at radius 2 is 1.88 bits per heavy atom. The van der Waals surface area contributed by atoms with Crippen LogP contribution in [0.2, 0.25) is 5.02 Å². The number of anilines is 2. The number of nitrogens with zero attached hydrogens (tertiary/aromatic N) is 4. The van der Waals surface area contributed by atoms with Gasteiger partial charge in [-0.3, -0.25) is 23.5 Å². The summed E-state index contributed by atoms with van der Waals surface area (Å²) in [6, 6.07) is 14.1. The second-order valence-electron chi connectivity index (χ2n) is 7.65. The van der Waals surface area contributed by atoms with Gasteiger partial charge < -0.3 is 10.6 Å². The third-order valence-electron chi connectivity index (χ3n) is 5.24. The second-order valence-corrected chi connectivity index (χ2v) is 8.08. The molecule has 0 saturated carbocycles. The number of aromatic nitrogens is 4. The molecule has 0 saturated heterocycles. The van der Waals surface area contributed by atoms with Crippen molar-refractivity contribution >= 4 is 28.8 Å². The lowest BCUT2D eigenvalue weighted by Gasteiger charge is -2.25. The summed E-state index contributed by atoms with van der Waals surface area (Å²) in [5, 5.41) is 0.423. The highest BCUT2D eigenvalue weighted by atomic mass is 35.5. The van der Waals surface area contributed by atoms with E-state index in [-0.39, 0.29) is 30.2 Å². The first-order chi connectivity index (χ1) is 15.9. The number of nitrogens with two attached hydrogens (primary N) is 1. The molecule has 9 nitrogen and oxygen atoms in total. The van der Waals surface area contributed by atoms with Gasteiger partial charge in [-0.15, -0.1) is 0 Å². The summed E-state index contributed by atoms with van der Waals surface area (Å²) in [4.78, 5) is 46.5. The summed E-state index contributed by atoms with van der Waals surface area (Å²) < 4.78 is 2.69. The number of nitrogens with one attached hydrogen (secondary N) is 1. The largest absolute Gasteiger partial charge is 0.383 e. The first-order valence-corrected chi connectivity index (χ1v) is 10.8. The molecule has 0 aliphatic heterocycles. The molecule has 170 valence electrons. The normalized spacial score (nSPS) is 11.1. The van der Waals surface area contributed by atoms with Crippen molar-refractivity contribution in [1.82, 2.24) is 18.9 Å². The van der Waals surface area contributed by atoms with Crippen LogP contribution in [0.25, 0.3) is 5.65 Å². The minimum Gasteiger partial charge on any atom is -0.383 e. The summed E-state index contributed by atoms with van der Waals surface area (Å²) in [7, 11) is 0. The van der Waals surface area contributed by atoms with Gasteiger partial charge in [0.1, 0.15) is 17.2 Å². The predicted molar refractivity (Wildman–Crippen MR) is 129 cm³/mol. The van der Waals surface area contributed by atoms with Gasteiger partial charge in [0, 0.05) is 18.8 Å². The van der Waals surface area contributed by atoms with Gasteiger partial charge in [-0.1, -0.05) is 48.9 Å². The summed E-state index contributed by atoms with van der Waals surface area (Å²) >= 11 is 5.98. The van der Waals surface area contributed by atoms with Crippen LogP contribution >= 0.6 is 11.6 Å². The number of hydrogen-bond acceptors (Lipinski definition) is 6. The van der Waals surface area contributed by atoms with Crippen LogP contribution in [0.1, 0.15) is 24.6 Å². The standard InChI is InChI=1S/C23H23ClN6O3/c1-2-10-28(14-17-11-19(31)29-13-16(24)8-9-18(29)26-17)20-21(25)30(23(33)27-22(20)32)12-15-6-4-3-5-7-15/h3-9,11,13H,2,10,12,14,25H2,1H3,(H,27,32,33). The zero-order valence-electron chi connectivity index (χ0n) is 18.0. The molecule has 3 aromatic heterocycles. The molecule has 0 aliphatic rings. The fourth-order valence-corrected chi connectivity index (χ4v) is 3.91. The van der Waals surface area contributed by atoms with E-state index in [1.807, 2.05) is 37.3 Å². The van der Waals surface area contributed by atoms with Crippen LogP contribution in [0.3, 0.4) is 0 Å². The van der Waals surface area contributed by atoms with Crippen LogP contribution in [0.5, 0.6) is 0 Å². The molecule has 0 spiro atoms. The summed E-state index contributed by atoms with van der Waals surface area (Å²) in [5.41, 5.74) is 6.85. The monoisotopic (exact) mass is 466 g/mol. The van der Waals surface area contributed by atoms with Crippen molar-refractivity contribution in [3.63, 3.8) is 0 Å². The van der Waals surface area contributed by atoms with Gasteiger partial charge in [-0.25, -0.2) is 9.78 Å². The van der Waals surface area contributed by atoms with E-state index in [2.05, 4.69) is 9.97 Å². The summed E-state index contributed by atoms with van der Waals surface area (Å²) in [6.45, 7) is 2.81. The third-order valence-corrected chi connectivity index (χ3v) is 5.46. The van der Waals surface area contributed by atoms with Crippen molar-refractivity contribution in [2.24, 2.45) is 0 Å². The van der Waals surface area contributed by atoms with Crippen LogP contribution in [-0.4, -0.2) is 25.5 Å².